The van der Waals surface area contributed by atoms with E-state index in [1.807, 2.05) is 54.6 Å². The first kappa shape index (κ1) is 21.7. The molecule has 0 bridgehead atoms. The van der Waals surface area contributed by atoms with Crippen LogP contribution in [-0.2, 0) is 4.79 Å². The van der Waals surface area contributed by atoms with E-state index in [4.69, 9.17) is 4.74 Å². The minimum Gasteiger partial charge on any atom is -0.480 e. The molecule has 1 amide bonds. The van der Waals surface area contributed by atoms with Crippen molar-refractivity contribution in [3.63, 3.8) is 0 Å². The van der Waals surface area contributed by atoms with Crippen molar-refractivity contribution in [2.24, 2.45) is 0 Å². The number of ether oxygens (including phenoxy) is 1. The summed E-state index contributed by atoms with van der Waals surface area (Å²) in [7, 11) is 0. The zero-order valence-corrected chi connectivity index (χ0v) is 19.1. The van der Waals surface area contributed by atoms with Gasteiger partial charge in [0.1, 0.15) is 23.7 Å². The van der Waals surface area contributed by atoms with Crippen LogP contribution in [0.2, 0.25) is 0 Å². The minimum atomic E-state index is -0.682. The lowest BCUT2D eigenvalue weighted by Gasteiger charge is -2.36. The van der Waals surface area contributed by atoms with Crippen molar-refractivity contribution in [2.45, 2.75) is 13.0 Å². The van der Waals surface area contributed by atoms with Crippen molar-refractivity contribution in [1.29, 1.82) is 0 Å². The highest BCUT2D eigenvalue weighted by Gasteiger charge is 2.20. The Bertz CT molecular complexity index is 1270. The topological polar surface area (TPSA) is 70.6 Å². The molecular weight excluding hydrogens is 426 g/mol. The highest BCUT2D eigenvalue weighted by atomic mass is 16.5. The zero-order valence-electron chi connectivity index (χ0n) is 19.1. The lowest BCUT2D eigenvalue weighted by Crippen LogP contribution is -2.46. The van der Waals surface area contributed by atoms with E-state index in [1.165, 1.54) is 12.0 Å². The summed E-state index contributed by atoms with van der Waals surface area (Å²) in [5.41, 5.74) is 1.23. The monoisotopic (exact) mass is 453 g/mol. The molecule has 0 spiro atoms. The van der Waals surface area contributed by atoms with Gasteiger partial charge in [0.05, 0.1) is 0 Å². The Morgan fingerprint density at radius 1 is 0.882 bits per heavy atom. The Morgan fingerprint density at radius 3 is 2.41 bits per heavy atom. The average molecular weight is 454 g/mol. The average Bonchev–Trinajstić information content (AvgIpc) is 2.89. The summed E-state index contributed by atoms with van der Waals surface area (Å²) < 4.78 is 5.99. The largest absolute Gasteiger partial charge is 0.480 e. The SMILES string of the molecule is CC(Oc1cccc2ccccc12)C(=O)Nc1cc(N2CCN(c3ccccc3)CC2)ncn1. The highest BCUT2D eigenvalue weighted by Crippen LogP contribution is 2.26. The van der Waals surface area contributed by atoms with Crippen molar-refractivity contribution in [2.75, 3.05) is 41.3 Å². The summed E-state index contributed by atoms with van der Waals surface area (Å²) in [5, 5.41) is 4.92. The third kappa shape index (κ3) is 4.78. The number of hydrogen-bond donors (Lipinski definition) is 1. The Labute approximate surface area is 199 Å². The molecule has 1 aliphatic rings. The standard InChI is InChI=1S/C27H27N5O2/c1-20(34-24-13-7-9-21-8-5-6-12-23(21)24)27(33)30-25-18-26(29-19-28-25)32-16-14-31(15-17-32)22-10-3-2-4-11-22/h2-13,18-20H,14-17H2,1H3,(H,28,29,30,33). The van der Waals surface area contributed by atoms with Crippen LogP contribution in [0.1, 0.15) is 6.92 Å². The number of carbonyl (C=O) groups excluding carboxylic acids is 1. The molecule has 1 aromatic heterocycles. The van der Waals surface area contributed by atoms with Gasteiger partial charge in [0.25, 0.3) is 5.91 Å². The molecule has 1 atom stereocenters. The van der Waals surface area contributed by atoms with Gasteiger partial charge >= 0.3 is 0 Å². The number of rotatable bonds is 6. The third-order valence-corrected chi connectivity index (χ3v) is 6.05. The molecule has 4 aromatic rings. The van der Waals surface area contributed by atoms with Crippen molar-refractivity contribution in [3.8, 4) is 5.75 Å². The van der Waals surface area contributed by atoms with Crippen LogP contribution >= 0.6 is 0 Å². The molecule has 5 rings (SSSR count). The third-order valence-electron chi connectivity index (χ3n) is 6.05. The number of nitrogens with zero attached hydrogens (tertiary/aromatic N) is 4. The molecule has 34 heavy (non-hydrogen) atoms. The molecule has 1 N–H and O–H groups in total. The lowest BCUT2D eigenvalue weighted by atomic mass is 10.1. The number of benzene rings is 3. The van der Waals surface area contributed by atoms with Crippen molar-refractivity contribution in [3.05, 3.63) is 85.2 Å². The van der Waals surface area contributed by atoms with Crippen LogP contribution in [0.15, 0.2) is 85.2 Å². The zero-order chi connectivity index (χ0) is 23.3. The predicted molar refractivity (Wildman–Crippen MR) is 136 cm³/mol. The number of aromatic nitrogens is 2. The first-order valence-electron chi connectivity index (χ1n) is 11.5. The van der Waals surface area contributed by atoms with Gasteiger partial charge in [0.2, 0.25) is 0 Å². The molecule has 3 aromatic carbocycles. The molecule has 1 aliphatic heterocycles. The number of carbonyl (C=O) groups is 1. The highest BCUT2D eigenvalue weighted by molar-refractivity contribution is 5.94. The Kier molecular flexibility index (Phi) is 6.25. The molecule has 0 radical (unpaired) electrons. The van der Waals surface area contributed by atoms with Crippen LogP contribution < -0.4 is 19.9 Å². The van der Waals surface area contributed by atoms with E-state index in [2.05, 4.69) is 49.4 Å². The van der Waals surface area contributed by atoms with E-state index in [0.29, 0.717) is 11.6 Å². The Morgan fingerprint density at radius 2 is 1.59 bits per heavy atom. The number of para-hydroxylation sites is 1. The molecule has 1 unspecified atom stereocenters. The number of anilines is 3. The van der Waals surface area contributed by atoms with E-state index in [1.54, 1.807) is 6.92 Å². The van der Waals surface area contributed by atoms with Gasteiger partial charge in [-0.05, 0) is 30.5 Å². The molecule has 0 aliphatic carbocycles. The van der Waals surface area contributed by atoms with E-state index in [9.17, 15) is 4.79 Å². The van der Waals surface area contributed by atoms with Crippen LogP contribution in [0.4, 0.5) is 17.3 Å². The van der Waals surface area contributed by atoms with Gasteiger partial charge in [0, 0.05) is 43.3 Å². The van der Waals surface area contributed by atoms with E-state index in [-0.39, 0.29) is 5.91 Å². The first-order valence-corrected chi connectivity index (χ1v) is 11.5. The maximum absolute atomic E-state index is 12.8. The summed E-state index contributed by atoms with van der Waals surface area (Å²) in [6.07, 6.45) is 0.809. The maximum Gasteiger partial charge on any atom is 0.266 e. The normalized spacial score (nSPS) is 14.6. The summed E-state index contributed by atoms with van der Waals surface area (Å²) in [4.78, 5) is 26.1. The quantitative estimate of drug-likeness (QED) is 0.468. The molecule has 7 heteroatoms. The van der Waals surface area contributed by atoms with Gasteiger partial charge in [-0.2, -0.15) is 0 Å². The van der Waals surface area contributed by atoms with Crippen LogP contribution in [0.3, 0.4) is 0 Å². The molecule has 1 fully saturated rings. The van der Waals surface area contributed by atoms with E-state index in [0.717, 1.165) is 42.8 Å². The second-order valence-electron chi connectivity index (χ2n) is 8.30. The summed E-state index contributed by atoms with van der Waals surface area (Å²) in [6, 6.07) is 26.0. The Balaban J connectivity index is 1.21. The fourth-order valence-corrected chi connectivity index (χ4v) is 4.19. The maximum atomic E-state index is 12.8. The molecule has 0 saturated carbocycles. The number of hydrogen-bond acceptors (Lipinski definition) is 6. The van der Waals surface area contributed by atoms with Crippen molar-refractivity contribution >= 4 is 34.0 Å². The van der Waals surface area contributed by atoms with Crippen LogP contribution in [-0.4, -0.2) is 48.2 Å². The molecule has 2 heterocycles. The lowest BCUT2D eigenvalue weighted by molar-refractivity contribution is -0.122. The molecule has 172 valence electrons. The van der Waals surface area contributed by atoms with Crippen LogP contribution in [0, 0.1) is 0 Å². The molecule has 1 saturated heterocycles. The number of nitrogens with one attached hydrogen (secondary N) is 1. The fraction of sp³-hybridized carbons (Fsp3) is 0.222. The summed E-state index contributed by atoms with van der Waals surface area (Å²) >= 11 is 0. The van der Waals surface area contributed by atoms with Gasteiger partial charge in [-0.3, -0.25) is 4.79 Å². The second kappa shape index (κ2) is 9.79. The smallest absolute Gasteiger partial charge is 0.266 e. The van der Waals surface area contributed by atoms with Crippen LogP contribution in [0.25, 0.3) is 10.8 Å². The minimum absolute atomic E-state index is 0.258. The number of piperazine rings is 1. The second-order valence-corrected chi connectivity index (χ2v) is 8.30. The number of amides is 1. The van der Waals surface area contributed by atoms with Gasteiger partial charge in [0.15, 0.2) is 6.10 Å². The van der Waals surface area contributed by atoms with Gasteiger partial charge < -0.3 is 19.9 Å². The summed E-state index contributed by atoms with van der Waals surface area (Å²) in [6.45, 7) is 5.25. The van der Waals surface area contributed by atoms with Gasteiger partial charge in [-0.15, -0.1) is 0 Å². The van der Waals surface area contributed by atoms with E-state index < -0.39 is 6.10 Å². The fourth-order valence-electron chi connectivity index (χ4n) is 4.19. The summed E-state index contributed by atoms with van der Waals surface area (Å²) in [5.74, 6) is 1.70. The molecule has 7 nitrogen and oxygen atoms in total. The predicted octanol–water partition coefficient (Wildman–Crippen LogP) is 4.36. The van der Waals surface area contributed by atoms with Crippen LogP contribution in [0.5, 0.6) is 5.75 Å². The number of fused-ring (bicyclic) bond motifs is 1. The van der Waals surface area contributed by atoms with Gasteiger partial charge in [-0.1, -0.05) is 54.6 Å². The van der Waals surface area contributed by atoms with Gasteiger partial charge in [-0.25, -0.2) is 9.97 Å². The Hall–Kier alpha value is -4.13. The van der Waals surface area contributed by atoms with Crippen molar-refractivity contribution in [1.82, 2.24) is 9.97 Å². The first-order chi connectivity index (χ1) is 16.7. The van der Waals surface area contributed by atoms with E-state index >= 15 is 0 Å². The molecular formula is C27H27N5O2. The van der Waals surface area contributed by atoms with Crippen molar-refractivity contribution < 1.29 is 9.53 Å².